The van der Waals surface area contributed by atoms with Crippen LogP contribution in [0.1, 0.15) is 11.1 Å². The Bertz CT molecular complexity index is 363. The Kier molecular flexibility index (Phi) is 1.62. The summed E-state index contributed by atoms with van der Waals surface area (Å²) in [6.45, 7) is 1.05. The molecule has 4 heteroatoms. The first-order valence-electron chi connectivity index (χ1n) is 4.02. The lowest BCUT2D eigenvalue weighted by molar-refractivity contribution is 0.208. The predicted octanol–water partition coefficient (Wildman–Crippen LogP) is 0.787. The fourth-order valence-electron chi connectivity index (χ4n) is 1.54. The van der Waals surface area contributed by atoms with Crippen LogP contribution in [0.4, 0.5) is 4.79 Å². The number of fused-ring (bicyclic) bond motifs is 1. The number of urea groups is 1. The summed E-state index contributed by atoms with van der Waals surface area (Å²) in [5.41, 5.74) is 7.16. The number of benzene rings is 1. The van der Waals surface area contributed by atoms with Crippen LogP contribution in [0.3, 0.4) is 0 Å². The lowest BCUT2D eigenvalue weighted by atomic mass is 10.1. The monoisotopic (exact) mass is 178 g/mol. The number of amides is 2. The van der Waals surface area contributed by atoms with Crippen molar-refractivity contribution in [2.24, 2.45) is 5.73 Å². The quantitative estimate of drug-likeness (QED) is 0.616. The number of hydrogen-bond acceptors (Lipinski definition) is 2. The summed E-state index contributed by atoms with van der Waals surface area (Å²) in [5.74, 6) is 0.227. The number of hydrogen-bond donors (Lipinski definition) is 2. The Hall–Kier alpha value is -1.71. The molecule has 1 heterocycles. The lowest BCUT2D eigenvalue weighted by Crippen LogP contribution is -2.30. The number of nitrogens with two attached hydrogens (primary N) is 1. The van der Waals surface area contributed by atoms with Crippen LogP contribution in [-0.2, 0) is 13.1 Å². The maximum atomic E-state index is 10.8. The van der Waals surface area contributed by atoms with Gasteiger partial charge in [-0.1, -0.05) is 6.07 Å². The highest BCUT2D eigenvalue weighted by molar-refractivity contribution is 5.73. The number of rotatable bonds is 0. The number of phenolic OH excluding ortho intramolecular Hbond substituents is 1. The minimum absolute atomic E-state index is 0.227. The molecule has 1 aliphatic heterocycles. The smallest absolute Gasteiger partial charge is 0.315 e. The SMILES string of the molecule is NC(=O)N1Cc2ccc(O)cc2C1. The van der Waals surface area contributed by atoms with E-state index in [2.05, 4.69) is 0 Å². The second-order valence-corrected chi connectivity index (χ2v) is 3.15. The van der Waals surface area contributed by atoms with Gasteiger partial charge in [0.1, 0.15) is 5.75 Å². The molecule has 1 aromatic rings. The van der Waals surface area contributed by atoms with E-state index in [0.717, 1.165) is 11.1 Å². The number of carbonyl (C=O) groups is 1. The molecule has 0 atom stereocenters. The van der Waals surface area contributed by atoms with Crippen molar-refractivity contribution in [2.45, 2.75) is 13.1 Å². The van der Waals surface area contributed by atoms with Gasteiger partial charge in [-0.05, 0) is 23.3 Å². The zero-order valence-electron chi connectivity index (χ0n) is 7.03. The molecule has 13 heavy (non-hydrogen) atoms. The van der Waals surface area contributed by atoms with Crippen molar-refractivity contribution in [1.82, 2.24) is 4.90 Å². The van der Waals surface area contributed by atoms with Crippen molar-refractivity contribution < 1.29 is 9.90 Å². The van der Waals surface area contributed by atoms with E-state index in [9.17, 15) is 9.90 Å². The van der Waals surface area contributed by atoms with Gasteiger partial charge in [-0.3, -0.25) is 0 Å². The van der Waals surface area contributed by atoms with Crippen molar-refractivity contribution in [3.8, 4) is 5.75 Å². The molecule has 1 aliphatic rings. The second kappa shape index (κ2) is 2.65. The number of primary amides is 1. The molecule has 0 aromatic heterocycles. The van der Waals surface area contributed by atoms with Crippen LogP contribution >= 0.6 is 0 Å². The standard InChI is InChI=1S/C9H10N2O2/c10-9(13)11-4-6-1-2-8(12)3-7(6)5-11/h1-3,12H,4-5H2,(H2,10,13). The van der Waals surface area contributed by atoms with Crippen LogP contribution in [0.5, 0.6) is 5.75 Å². The molecule has 0 spiro atoms. The van der Waals surface area contributed by atoms with Crippen molar-refractivity contribution in [3.63, 3.8) is 0 Å². The summed E-state index contributed by atoms with van der Waals surface area (Å²) in [7, 11) is 0. The van der Waals surface area contributed by atoms with Gasteiger partial charge < -0.3 is 15.7 Å². The van der Waals surface area contributed by atoms with Crippen LogP contribution < -0.4 is 5.73 Å². The molecule has 4 nitrogen and oxygen atoms in total. The first kappa shape index (κ1) is 7.91. The molecule has 2 rings (SSSR count). The molecule has 0 saturated carbocycles. The van der Waals surface area contributed by atoms with Crippen LogP contribution in [-0.4, -0.2) is 16.0 Å². The maximum Gasteiger partial charge on any atom is 0.315 e. The molecular formula is C9H10N2O2. The van der Waals surface area contributed by atoms with E-state index in [1.165, 1.54) is 4.90 Å². The van der Waals surface area contributed by atoms with E-state index in [0.29, 0.717) is 13.1 Å². The summed E-state index contributed by atoms with van der Waals surface area (Å²) in [6, 6.07) is 4.67. The van der Waals surface area contributed by atoms with Gasteiger partial charge in [0.2, 0.25) is 0 Å². The highest BCUT2D eigenvalue weighted by Crippen LogP contribution is 2.25. The normalized spacial score (nSPS) is 14.3. The summed E-state index contributed by atoms with van der Waals surface area (Å²) >= 11 is 0. The Morgan fingerprint density at radius 2 is 2.08 bits per heavy atom. The van der Waals surface area contributed by atoms with Gasteiger partial charge in [0.05, 0.1) is 0 Å². The van der Waals surface area contributed by atoms with E-state index >= 15 is 0 Å². The van der Waals surface area contributed by atoms with Gasteiger partial charge in [-0.25, -0.2) is 4.79 Å². The average molecular weight is 178 g/mol. The molecule has 3 N–H and O–H groups in total. The van der Waals surface area contributed by atoms with E-state index in [-0.39, 0.29) is 5.75 Å². The molecule has 2 amide bonds. The highest BCUT2D eigenvalue weighted by Gasteiger charge is 2.21. The minimum Gasteiger partial charge on any atom is -0.508 e. The largest absolute Gasteiger partial charge is 0.508 e. The molecule has 68 valence electrons. The van der Waals surface area contributed by atoms with E-state index in [1.54, 1.807) is 12.1 Å². The fraction of sp³-hybridized carbons (Fsp3) is 0.222. The zero-order chi connectivity index (χ0) is 9.42. The van der Waals surface area contributed by atoms with Crippen molar-refractivity contribution in [3.05, 3.63) is 29.3 Å². The second-order valence-electron chi connectivity index (χ2n) is 3.15. The van der Waals surface area contributed by atoms with Crippen LogP contribution in [0, 0.1) is 0 Å². The molecular weight excluding hydrogens is 168 g/mol. The van der Waals surface area contributed by atoms with Crippen molar-refractivity contribution in [1.29, 1.82) is 0 Å². The number of nitrogens with zero attached hydrogens (tertiary/aromatic N) is 1. The first-order valence-corrected chi connectivity index (χ1v) is 4.02. The molecule has 0 bridgehead atoms. The van der Waals surface area contributed by atoms with Crippen LogP contribution in [0.15, 0.2) is 18.2 Å². The van der Waals surface area contributed by atoms with Crippen molar-refractivity contribution >= 4 is 6.03 Å². The van der Waals surface area contributed by atoms with Gasteiger partial charge in [0, 0.05) is 13.1 Å². The Morgan fingerprint density at radius 3 is 2.77 bits per heavy atom. The Balaban J connectivity index is 2.30. The third-order valence-electron chi connectivity index (χ3n) is 2.22. The molecule has 1 aromatic carbocycles. The predicted molar refractivity (Wildman–Crippen MR) is 46.9 cm³/mol. The summed E-state index contributed by atoms with van der Waals surface area (Å²) in [6.07, 6.45) is 0. The number of phenols is 1. The molecule has 0 aliphatic carbocycles. The lowest BCUT2D eigenvalue weighted by Gasteiger charge is -2.10. The number of carbonyl (C=O) groups excluding carboxylic acids is 1. The molecule has 0 unspecified atom stereocenters. The third kappa shape index (κ3) is 1.30. The third-order valence-corrected chi connectivity index (χ3v) is 2.22. The van der Waals surface area contributed by atoms with Gasteiger partial charge in [-0.15, -0.1) is 0 Å². The van der Waals surface area contributed by atoms with Crippen molar-refractivity contribution in [2.75, 3.05) is 0 Å². The van der Waals surface area contributed by atoms with Gasteiger partial charge >= 0.3 is 6.03 Å². The van der Waals surface area contributed by atoms with Gasteiger partial charge in [-0.2, -0.15) is 0 Å². The number of aromatic hydroxyl groups is 1. The average Bonchev–Trinajstić information content (AvgIpc) is 2.46. The highest BCUT2D eigenvalue weighted by atomic mass is 16.3. The Morgan fingerprint density at radius 1 is 1.38 bits per heavy atom. The van der Waals surface area contributed by atoms with Gasteiger partial charge in [0.15, 0.2) is 0 Å². The summed E-state index contributed by atoms with van der Waals surface area (Å²) < 4.78 is 0. The summed E-state index contributed by atoms with van der Waals surface area (Å²) in [5, 5.41) is 9.19. The van der Waals surface area contributed by atoms with E-state index < -0.39 is 6.03 Å². The molecule has 0 saturated heterocycles. The fourth-order valence-corrected chi connectivity index (χ4v) is 1.54. The molecule has 0 fully saturated rings. The summed E-state index contributed by atoms with van der Waals surface area (Å²) in [4.78, 5) is 12.4. The maximum absolute atomic E-state index is 10.8. The molecule has 0 radical (unpaired) electrons. The van der Waals surface area contributed by atoms with Crippen LogP contribution in [0.25, 0.3) is 0 Å². The minimum atomic E-state index is -0.421. The van der Waals surface area contributed by atoms with Gasteiger partial charge in [0.25, 0.3) is 0 Å². The zero-order valence-corrected chi connectivity index (χ0v) is 7.03. The van der Waals surface area contributed by atoms with Crippen LogP contribution in [0.2, 0.25) is 0 Å². The van der Waals surface area contributed by atoms with E-state index in [1.807, 2.05) is 6.07 Å². The van der Waals surface area contributed by atoms with E-state index in [4.69, 9.17) is 5.73 Å². The Labute approximate surface area is 75.6 Å². The topological polar surface area (TPSA) is 66.6 Å². The first-order chi connectivity index (χ1) is 6.16.